The molecule has 0 bridgehead atoms. The SMILES string of the molecule is COc1cc(C(=O)OCCOC(=O)C(F)(F)S(=O)(=O)O)ccc1O. The van der Waals surface area contributed by atoms with Gasteiger partial charge in [-0.25, -0.2) is 9.59 Å². The smallest absolute Gasteiger partial charge is 0.465 e. The number of rotatable bonds is 7. The van der Waals surface area contributed by atoms with E-state index in [4.69, 9.17) is 9.29 Å². The average Bonchev–Trinajstić information content (AvgIpc) is 2.50. The third kappa shape index (κ3) is 4.52. The predicted molar refractivity (Wildman–Crippen MR) is 72.4 cm³/mol. The van der Waals surface area contributed by atoms with Gasteiger partial charge in [0.15, 0.2) is 11.5 Å². The van der Waals surface area contributed by atoms with Crippen LogP contribution in [0.4, 0.5) is 8.78 Å². The largest absolute Gasteiger partial charge is 0.504 e. The number of carbonyl (C=O) groups is 2. The minimum absolute atomic E-state index is 0.0105. The number of aromatic hydroxyl groups is 1. The number of phenols is 1. The Kier molecular flexibility index (Phi) is 6.04. The number of carbonyl (C=O) groups excluding carboxylic acids is 2. The van der Waals surface area contributed by atoms with Gasteiger partial charge >= 0.3 is 27.3 Å². The molecule has 24 heavy (non-hydrogen) atoms. The number of halogens is 2. The van der Waals surface area contributed by atoms with Crippen molar-refractivity contribution in [2.75, 3.05) is 20.3 Å². The van der Waals surface area contributed by atoms with Crippen molar-refractivity contribution in [3.8, 4) is 11.5 Å². The van der Waals surface area contributed by atoms with E-state index in [1.165, 1.54) is 13.2 Å². The van der Waals surface area contributed by atoms with E-state index in [-0.39, 0.29) is 17.1 Å². The number of methoxy groups -OCH3 is 1. The van der Waals surface area contributed by atoms with Crippen molar-refractivity contribution in [3.63, 3.8) is 0 Å². The molecule has 9 nitrogen and oxygen atoms in total. The third-order valence-electron chi connectivity index (χ3n) is 2.53. The highest BCUT2D eigenvalue weighted by Gasteiger charge is 2.54. The van der Waals surface area contributed by atoms with Crippen LogP contribution in [0.3, 0.4) is 0 Å². The molecule has 0 saturated carbocycles. The fraction of sp³-hybridized carbons (Fsp3) is 0.333. The first kappa shape index (κ1) is 19.6. The molecule has 0 radical (unpaired) electrons. The Labute approximate surface area is 134 Å². The summed E-state index contributed by atoms with van der Waals surface area (Å²) in [6.07, 6.45) is 0. The summed E-state index contributed by atoms with van der Waals surface area (Å²) in [5.41, 5.74) is -0.0424. The number of benzene rings is 1. The van der Waals surface area contributed by atoms with Crippen LogP contribution in [0.1, 0.15) is 10.4 Å². The molecular formula is C12H12F2O9S. The van der Waals surface area contributed by atoms with Crippen LogP contribution in [0.5, 0.6) is 11.5 Å². The molecule has 0 fully saturated rings. The zero-order valence-electron chi connectivity index (χ0n) is 12.1. The van der Waals surface area contributed by atoms with Crippen LogP contribution in [0.15, 0.2) is 18.2 Å². The molecule has 12 heteroatoms. The number of hydrogen-bond acceptors (Lipinski definition) is 8. The van der Waals surface area contributed by atoms with Crippen molar-refractivity contribution in [1.82, 2.24) is 0 Å². The Balaban J connectivity index is 2.54. The second-order valence-corrected chi connectivity index (χ2v) is 5.61. The summed E-state index contributed by atoms with van der Waals surface area (Å²) in [4.78, 5) is 22.5. The van der Waals surface area contributed by atoms with Crippen molar-refractivity contribution >= 4 is 22.1 Å². The number of ether oxygens (including phenoxy) is 3. The van der Waals surface area contributed by atoms with Crippen molar-refractivity contribution < 1.29 is 50.7 Å². The minimum atomic E-state index is -5.96. The van der Waals surface area contributed by atoms with Crippen LogP contribution in [-0.4, -0.2) is 55.6 Å². The Morgan fingerprint density at radius 3 is 2.33 bits per heavy atom. The van der Waals surface area contributed by atoms with Crippen LogP contribution in [-0.2, 0) is 24.4 Å². The number of hydrogen-bond donors (Lipinski definition) is 2. The highest BCUT2D eigenvalue weighted by Crippen LogP contribution is 2.26. The summed E-state index contributed by atoms with van der Waals surface area (Å²) < 4.78 is 67.7. The van der Waals surface area contributed by atoms with Crippen molar-refractivity contribution in [2.24, 2.45) is 0 Å². The lowest BCUT2D eigenvalue weighted by molar-refractivity contribution is -0.162. The van der Waals surface area contributed by atoms with Gasteiger partial charge in [0.2, 0.25) is 0 Å². The molecule has 134 valence electrons. The summed E-state index contributed by atoms with van der Waals surface area (Å²) in [5, 5.41) is 4.24. The second-order valence-electron chi connectivity index (χ2n) is 4.15. The minimum Gasteiger partial charge on any atom is -0.504 e. The van der Waals surface area contributed by atoms with E-state index in [0.717, 1.165) is 12.1 Å². The molecule has 1 rings (SSSR count). The van der Waals surface area contributed by atoms with Gasteiger partial charge in [0.05, 0.1) is 12.7 Å². The van der Waals surface area contributed by atoms with E-state index < -0.39 is 40.5 Å². The topological polar surface area (TPSA) is 136 Å². The normalized spacial score (nSPS) is 11.7. The quantitative estimate of drug-likeness (QED) is 0.401. The van der Waals surface area contributed by atoms with Gasteiger partial charge in [0.1, 0.15) is 13.2 Å². The Morgan fingerprint density at radius 1 is 1.21 bits per heavy atom. The molecule has 1 aromatic rings. The van der Waals surface area contributed by atoms with Crippen LogP contribution < -0.4 is 4.74 Å². The van der Waals surface area contributed by atoms with E-state index in [9.17, 15) is 31.9 Å². The summed E-state index contributed by atoms with van der Waals surface area (Å²) in [6, 6.07) is 3.50. The van der Waals surface area contributed by atoms with Crippen molar-refractivity contribution in [3.05, 3.63) is 23.8 Å². The molecule has 0 aromatic heterocycles. The molecule has 0 amide bonds. The molecule has 1 aromatic carbocycles. The van der Waals surface area contributed by atoms with Crippen LogP contribution in [0.2, 0.25) is 0 Å². The summed E-state index contributed by atoms with van der Waals surface area (Å²) in [6.45, 7) is -1.53. The molecule has 0 aliphatic rings. The first-order chi connectivity index (χ1) is 11.0. The fourth-order valence-corrected chi connectivity index (χ4v) is 1.62. The number of phenolic OH excluding ortho intramolecular Hbond substituents is 1. The molecule has 2 N–H and O–H groups in total. The van der Waals surface area contributed by atoms with Gasteiger partial charge in [-0.2, -0.15) is 17.2 Å². The second kappa shape index (κ2) is 7.40. The van der Waals surface area contributed by atoms with Gasteiger partial charge in [-0.3, -0.25) is 4.55 Å². The summed E-state index contributed by atoms with van der Waals surface area (Å²) >= 11 is 0. The molecule has 0 unspecified atom stereocenters. The molecule has 0 spiro atoms. The lowest BCUT2D eigenvalue weighted by Crippen LogP contribution is -2.39. The van der Waals surface area contributed by atoms with Gasteiger partial charge in [-0.15, -0.1) is 0 Å². The Bertz CT molecular complexity index is 730. The standard InChI is InChI=1S/C12H12F2O9S/c1-21-9-6-7(2-3-8(9)15)10(16)22-4-5-23-11(17)12(13,14)24(18,19)20/h2-3,6,15H,4-5H2,1H3,(H,18,19,20). The predicted octanol–water partition coefficient (Wildman–Crippen LogP) is 0.581. The van der Waals surface area contributed by atoms with Crippen LogP contribution in [0, 0.1) is 0 Å². The van der Waals surface area contributed by atoms with Crippen LogP contribution >= 0.6 is 0 Å². The summed E-state index contributed by atoms with van der Waals surface area (Å²) in [5.74, 6) is -3.68. The number of alkyl halides is 2. The third-order valence-corrected chi connectivity index (χ3v) is 3.34. The zero-order valence-corrected chi connectivity index (χ0v) is 12.9. The lowest BCUT2D eigenvalue weighted by atomic mass is 10.2. The molecule has 0 aliphatic carbocycles. The molecule has 0 atom stereocenters. The molecule has 0 heterocycles. The van der Waals surface area contributed by atoms with E-state index in [1.54, 1.807) is 0 Å². The van der Waals surface area contributed by atoms with E-state index >= 15 is 0 Å². The van der Waals surface area contributed by atoms with Gasteiger partial charge < -0.3 is 19.3 Å². The van der Waals surface area contributed by atoms with E-state index in [1.807, 2.05) is 0 Å². The van der Waals surface area contributed by atoms with Gasteiger partial charge in [0.25, 0.3) is 0 Å². The van der Waals surface area contributed by atoms with E-state index in [2.05, 4.69) is 9.47 Å². The zero-order chi connectivity index (χ0) is 18.5. The summed E-state index contributed by atoms with van der Waals surface area (Å²) in [7, 11) is -4.71. The van der Waals surface area contributed by atoms with Crippen LogP contribution in [0.25, 0.3) is 0 Å². The highest BCUT2D eigenvalue weighted by molar-refractivity contribution is 7.87. The maximum absolute atomic E-state index is 12.8. The number of esters is 2. The lowest BCUT2D eigenvalue weighted by Gasteiger charge is -2.12. The first-order valence-corrected chi connectivity index (χ1v) is 7.51. The van der Waals surface area contributed by atoms with Gasteiger partial charge in [-0.05, 0) is 18.2 Å². The maximum atomic E-state index is 12.8. The monoisotopic (exact) mass is 370 g/mol. The molecular weight excluding hydrogens is 358 g/mol. The molecule has 0 saturated heterocycles. The fourth-order valence-electron chi connectivity index (χ4n) is 1.35. The first-order valence-electron chi connectivity index (χ1n) is 6.07. The maximum Gasteiger partial charge on any atom is 0.465 e. The highest BCUT2D eigenvalue weighted by atomic mass is 32.2. The van der Waals surface area contributed by atoms with Crippen molar-refractivity contribution in [2.45, 2.75) is 5.25 Å². The van der Waals surface area contributed by atoms with Gasteiger partial charge in [-0.1, -0.05) is 0 Å². The Hall–Kier alpha value is -2.47. The molecule has 0 aliphatic heterocycles. The van der Waals surface area contributed by atoms with Gasteiger partial charge in [0, 0.05) is 0 Å². The van der Waals surface area contributed by atoms with E-state index in [0.29, 0.717) is 0 Å². The Morgan fingerprint density at radius 2 is 1.79 bits per heavy atom. The van der Waals surface area contributed by atoms with Crippen molar-refractivity contribution in [1.29, 1.82) is 0 Å². The average molecular weight is 370 g/mol.